The first-order valence-electron chi connectivity index (χ1n) is 15.0. The lowest BCUT2D eigenvalue weighted by Gasteiger charge is -2.40. The smallest absolute Gasteiger partial charge is 0.253 e. The number of pyridine rings is 1. The van der Waals surface area contributed by atoms with Crippen LogP contribution in [0.3, 0.4) is 0 Å². The maximum atomic E-state index is 13.6. The van der Waals surface area contributed by atoms with E-state index in [4.69, 9.17) is 0 Å². The lowest BCUT2D eigenvalue weighted by atomic mass is 9.88. The van der Waals surface area contributed by atoms with Crippen molar-refractivity contribution in [3.05, 3.63) is 62.1 Å². The van der Waals surface area contributed by atoms with E-state index in [0.717, 1.165) is 66.8 Å². The Bertz CT molecular complexity index is 1300. The van der Waals surface area contributed by atoms with Crippen molar-refractivity contribution in [1.82, 2.24) is 20.1 Å². The van der Waals surface area contributed by atoms with Gasteiger partial charge in [-0.05, 0) is 103 Å². The number of hydrogen-bond acceptors (Lipinski definition) is 6. The summed E-state index contributed by atoms with van der Waals surface area (Å²) in [5, 5.41) is 12.3. The Morgan fingerprint density at radius 2 is 1.73 bits per heavy atom. The summed E-state index contributed by atoms with van der Waals surface area (Å²) in [5.41, 5.74) is 5.39. The highest BCUT2D eigenvalue weighted by Gasteiger charge is 2.28. The lowest BCUT2D eigenvalue weighted by Crippen LogP contribution is -2.42. The molecule has 0 aliphatic heterocycles. The predicted molar refractivity (Wildman–Crippen MR) is 168 cm³/mol. The van der Waals surface area contributed by atoms with Gasteiger partial charge in [0.25, 0.3) is 11.5 Å². The van der Waals surface area contributed by atoms with Gasteiger partial charge in [0, 0.05) is 59.8 Å². The van der Waals surface area contributed by atoms with Crippen LogP contribution < -0.4 is 15.8 Å². The van der Waals surface area contributed by atoms with Crippen LogP contribution >= 0.6 is 0 Å². The number of aliphatic hydroxyl groups excluding tert-OH is 1. The van der Waals surface area contributed by atoms with Crippen molar-refractivity contribution in [2.75, 3.05) is 51.8 Å². The third-order valence-electron chi connectivity index (χ3n) is 8.43. The molecule has 1 heterocycles. The summed E-state index contributed by atoms with van der Waals surface area (Å²) < 4.78 is 0. The zero-order chi connectivity index (χ0) is 30.1. The normalized spacial score (nSPS) is 16.9. The second-order valence-electron chi connectivity index (χ2n) is 11.4. The molecule has 0 unspecified atom stereocenters. The SMILES string of the molecule is CCN(CC#Cc1cc(C(=O)NCc2c(C)cc(C)[nH]c2=O)c(C)c(N(CC)C2CCC(N(C)C)CC2)c1)CCO. The summed E-state index contributed by atoms with van der Waals surface area (Å²) in [5.74, 6) is 6.32. The first-order valence-corrected chi connectivity index (χ1v) is 15.0. The standard InChI is InChI=1S/C33H49N5O3/c1-8-37(17-18-39)16-10-11-26-20-29(32(40)34-22-30-23(3)19-24(4)35-33(30)41)25(5)31(21-26)38(9-2)28-14-12-27(13-15-28)36(6)7/h19-21,27-28,39H,8-9,12-18,22H2,1-7H3,(H,34,40)(H,35,41). The fourth-order valence-electron chi connectivity index (χ4n) is 5.93. The van der Waals surface area contributed by atoms with Crippen LogP contribution in [0, 0.1) is 32.6 Å². The van der Waals surface area contributed by atoms with Gasteiger partial charge in [0.15, 0.2) is 0 Å². The predicted octanol–water partition coefficient (Wildman–Crippen LogP) is 3.59. The van der Waals surface area contributed by atoms with Crippen molar-refractivity contribution in [3.63, 3.8) is 0 Å². The van der Waals surface area contributed by atoms with Crippen LogP contribution in [0.25, 0.3) is 0 Å². The molecule has 0 atom stereocenters. The molecule has 41 heavy (non-hydrogen) atoms. The number of aliphatic hydroxyl groups is 1. The van der Waals surface area contributed by atoms with Crippen LogP contribution in [0.5, 0.6) is 0 Å². The van der Waals surface area contributed by atoms with Crippen LogP contribution in [0.2, 0.25) is 0 Å². The zero-order valence-electron chi connectivity index (χ0n) is 26.1. The van der Waals surface area contributed by atoms with E-state index >= 15 is 0 Å². The molecule has 1 amide bonds. The summed E-state index contributed by atoms with van der Waals surface area (Å²) in [4.78, 5) is 35.9. The Labute approximate surface area is 246 Å². The summed E-state index contributed by atoms with van der Waals surface area (Å²) in [7, 11) is 4.32. The number of aromatic nitrogens is 1. The number of aryl methyl sites for hydroxylation is 2. The first kappa shape index (κ1) is 32.4. The fraction of sp³-hybridized carbons (Fsp3) is 0.576. The summed E-state index contributed by atoms with van der Waals surface area (Å²) in [6.45, 7) is 13.0. The van der Waals surface area contributed by atoms with Crippen LogP contribution in [0.15, 0.2) is 23.0 Å². The summed E-state index contributed by atoms with van der Waals surface area (Å²) >= 11 is 0. The Balaban J connectivity index is 1.95. The zero-order valence-corrected chi connectivity index (χ0v) is 26.1. The second kappa shape index (κ2) is 15.2. The number of hydrogen-bond donors (Lipinski definition) is 3. The monoisotopic (exact) mass is 563 g/mol. The molecule has 1 aromatic heterocycles. The van der Waals surface area contributed by atoms with Crippen LogP contribution in [-0.4, -0.2) is 84.8 Å². The molecule has 0 spiro atoms. The van der Waals surface area contributed by atoms with E-state index in [0.29, 0.717) is 36.3 Å². The Morgan fingerprint density at radius 1 is 1.05 bits per heavy atom. The molecule has 1 aliphatic carbocycles. The number of anilines is 1. The molecule has 8 heteroatoms. The van der Waals surface area contributed by atoms with E-state index in [-0.39, 0.29) is 24.6 Å². The van der Waals surface area contributed by atoms with Crippen LogP contribution in [0.1, 0.15) is 77.8 Å². The van der Waals surface area contributed by atoms with E-state index in [1.54, 1.807) is 0 Å². The highest BCUT2D eigenvalue weighted by Crippen LogP contribution is 2.33. The summed E-state index contributed by atoms with van der Waals surface area (Å²) in [6.07, 6.45) is 4.52. The maximum absolute atomic E-state index is 13.6. The van der Waals surface area contributed by atoms with Crippen molar-refractivity contribution in [2.45, 2.75) is 78.9 Å². The molecular formula is C33H49N5O3. The van der Waals surface area contributed by atoms with Crippen molar-refractivity contribution in [2.24, 2.45) is 0 Å². The van der Waals surface area contributed by atoms with Gasteiger partial charge in [-0.1, -0.05) is 18.8 Å². The van der Waals surface area contributed by atoms with Gasteiger partial charge >= 0.3 is 0 Å². The number of benzene rings is 1. The summed E-state index contributed by atoms with van der Waals surface area (Å²) in [6, 6.07) is 6.93. The largest absolute Gasteiger partial charge is 0.395 e. The number of carbonyl (C=O) groups is 1. The van der Waals surface area contributed by atoms with Gasteiger partial charge in [-0.25, -0.2) is 0 Å². The van der Waals surface area contributed by atoms with E-state index in [2.05, 4.69) is 70.9 Å². The number of aromatic amines is 1. The fourth-order valence-corrected chi connectivity index (χ4v) is 5.93. The molecule has 8 nitrogen and oxygen atoms in total. The van der Waals surface area contributed by atoms with Gasteiger partial charge in [-0.15, -0.1) is 0 Å². The minimum absolute atomic E-state index is 0.0966. The van der Waals surface area contributed by atoms with Crippen molar-refractivity contribution in [1.29, 1.82) is 0 Å². The second-order valence-corrected chi connectivity index (χ2v) is 11.4. The number of nitrogens with one attached hydrogen (secondary N) is 2. The molecule has 1 aromatic carbocycles. The average molecular weight is 564 g/mol. The van der Waals surface area contributed by atoms with Gasteiger partial charge in [0.1, 0.15) is 0 Å². The number of likely N-dealkylation sites (N-methyl/N-ethyl adjacent to an activating group) is 1. The van der Waals surface area contributed by atoms with Gasteiger partial charge < -0.3 is 25.2 Å². The number of H-pyrrole nitrogens is 1. The number of amides is 1. The quantitative estimate of drug-likeness (QED) is 0.362. The Hall–Kier alpha value is -3.12. The van der Waals surface area contributed by atoms with E-state index in [1.165, 1.54) is 0 Å². The highest BCUT2D eigenvalue weighted by molar-refractivity contribution is 5.97. The molecule has 1 saturated carbocycles. The molecular weight excluding hydrogens is 514 g/mol. The maximum Gasteiger partial charge on any atom is 0.253 e. The molecule has 0 saturated heterocycles. The molecule has 3 rings (SSSR count). The van der Waals surface area contributed by atoms with Gasteiger partial charge in [0.05, 0.1) is 13.2 Å². The topological polar surface area (TPSA) is 91.9 Å². The van der Waals surface area contributed by atoms with E-state index in [9.17, 15) is 14.7 Å². The van der Waals surface area contributed by atoms with Crippen molar-refractivity contribution < 1.29 is 9.90 Å². The molecule has 3 N–H and O–H groups in total. The van der Waals surface area contributed by atoms with Gasteiger partial charge in [-0.3, -0.25) is 14.5 Å². The molecule has 224 valence electrons. The average Bonchev–Trinajstić information content (AvgIpc) is 2.93. The molecule has 2 aromatic rings. The Kier molecular flexibility index (Phi) is 12.0. The van der Waals surface area contributed by atoms with Gasteiger partial charge in [-0.2, -0.15) is 0 Å². The van der Waals surface area contributed by atoms with Crippen LogP contribution in [0.4, 0.5) is 5.69 Å². The number of carbonyl (C=O) groups excluding carboxylic acids is 1. The van der Waals surface area contributed by atoms with Gasteiger partial charge in [0.2, 0.25) is 0 Å². The first-order chi connectivity index (χ1) is 19.6. The molecule has 0 radical (unpaired) electrons. The Morgan fingerprint density at radius 3 is 2.32 bits per heavy atom. The van der Waals surface area contributed by atoms with E-state index < -0.39 is 0 Å². The van der Waals surface area contributed by atoms with Crippen molar-refractivity contribution >= 4 is 11.6 Å². The lowest BCUT2D eigenvalue weighted by molar-refractivity contribution is 0.0950. The minimum atomic E-state index is -0.213. The molecule has 1 fully saturated rings. The molecule has 1 aliphatic rings. The number of nitrogens with zero attached hydrogens (tertiary/aromatic N) is 3. The van der Waals surface area contributed by atoms with E-state index in [1.807, 2.05) is 32.9 Å². The highest BCUT2D eigenvalue weighted by atomic mass is 16.3. The molecule has 0 bridgehead atoms. The minimum Gasteiger partial charge on any atom is -0.395 e. The number of rotatable bonds is 11. The third-order valence-corrected chi connectivity index (χ3v) is 8.43. The van der Waals surface area contributed by atoms with Crippen molar-refractivity contribution in [3.8, 4) is 11.8 Å². The third kappa shape index (κ3) is 8.45. The van der Waals surface area contributed by atoms with Crippen LogP contribution in [-0.2, 0) is 6.54 Å².